The number of carbonyl (C=O) groups is 1. The van der Waals surface area contributed by atoms with Gasteiger partial charge in [-0.3, -0.25) is 4.79 Å². The van der Waals surface area contributed by atoms with Crippen molar-refractivity contribution in [3.8, 4) is 6.07 Å². The van der Waals surface area contributed by atoms with E-state index in [4.69, 9.17) is 9.69 Å². The summed E-state index contributed by atoms with van der Waals surface area (Å²) in [5, 5.41) is 19.6. The summed E-state index contributed by atoms with van der Waals surface area (Å²) in [6, 6.07) is 2.08. The summed E-state index contributed by atoms with van der Waals surface area (Å²) in [6.07, 6.45) is 3.46. The Balaban J connectivity index is 1.94. The Kier molecular flexibility index (Phi) is 6.58. The molecule has 1 N–H and O–H groups in total. The van der Waals surface area contributed by atoms with Crippen LogP contribution >= 0.6 is 0 Å². The van der Waals surface area contributed by atoms with Gasteiger partial charge in [0, 0.05) is 13.0 Å². The zero-order valence-electron chi connectivity index (χ0n) is 17.3. The molecule has 2 aliphatic rings. The Morgan fingerprint density at radius 2 is 2.04 bits per heavy atom. The zero-order chi connectivity index (χ0) is 19.7. The number of aliphatic hydroxyl groups excluding tert-OH is 1. The van der Waals surface area contributed by atoms with Crippen LogP contribution in [0.25, 0.3) is 0 Å². The van der Waals surface area contributed by atoms with Gasteiger partial charge in [0.1, 0.15) is 0 Å². The molecule has 5 atom stereocenters. The molecule has 0 aromatic heterocycles. The number of aliphatic hydroxyl groups is 1. The fourth-order valence-electron chi connectivity index (χ4n) is 4.00. The lowest BCUT2D eigenvalue weighted by atomic mass is 9.77. The number of β-lactam (4-membered cyclic amide) rings is 1. The molecule has 0 unspecified atom stereocenters. The number of hydrogen-bond acceptors (Lipinski definition) is 4. The molecule has 1 heterocycles. The molecule has 1 saturated carbocycles. The van der Waals surface area contributed by atoms with Crippen molar-refractivity contribution in [1.82, 2.24) is 4.90 Å². The van der Waals surface area contributed by atoms with Crippen LogP contribution in [0.15, 0.2) is 0 Å². The van der Waals surface area contributed by atoms with Gasteiger partial charge in [-0.2, -0.15) is 5.26 Å². The molecule has 1 aliphatic heterocycles. The average molecular weight is 381 g/mol. The van der Waals surface area contributed by atoms with Gasteiger partial charge in [-0.25, -0.2) is 0 Å². The summed E-state index contributed by atoms with van der Waals surface area (Å²) >= 11 is 0. The maximum absolute atomic E-state index is 12.8. The smallest absolute Gasteiger partial charge is 0.230 e. The van der Waals surface area contributed by atoms with Crippen LogP contribution in [0.5, 0.6) is 0 Å². The summed E-state index contributed by atoms with van der Waals surface area (Å²) in [5.74, 6) is 0.179. The van der Waals surface area contributed by atoms with Crippen molar-refractivity contribution in [1.29, 1.82) is 5.26 Å². The van der Waals surface area contributed by atoms with Gasteiger partial charge in [0.15, 0.2) is 8.32 Å². The Labute approximate surface area is 159 Å². The van der Waals surface area contributed by atoms with Crippen LogP contribution in [0.4, 0.5) is 0 Å². The molecule has 1 amide bonds. The normalized spacial score (nSPS) is 31.3. The number of nitrogens with zero attached hydrogens (tertiary/aromatic N) is 2. The molecular formula is C20H36N2O3Si. The largest absolute Gasteiger partial charge is 0.413 e. The highest BCUT2D eigenvalue weighted by Gasteiger charge is 2.49. The number of amides is 1. The first kappa shape index (κ1) is 21.4. The van der Waals surface area contributed by atoms with Gasteiger partial charge in [0.25, 0.3) is 0 Å². The van der Waals surface area contributed by atoms with Gasteiger partial charge < -0.3 is 14.4 Å². The van der Waals surface area contributed by atoms with Crippen molar-refractivity contribution in [2.24, 2.45) is 11.8 Å². The zero-order valence-corrected chi connectivity index (χ0v) is 18.3. The van der Waals surface area contributed by atoms with Crippen LogP contribution in [0.3, 0.4) is 0 Å². The van der Waals surface area contributed by atoms with Gasteiger partial charge in [-0.1, -0.05) is 27.2 Å². The first-order valence-electron chi connectivity index (χ1n) is 10.0. The van der Waals surface area contributed by atoms with Crippen LogP contribution in [0.1, 0.15) is 59.8 Å². The first-order chi connectivity index (χ1) is 12.0. The fourth-order valence-corrected chi connectivity index (χ4v) is 5.45. The number of carbonyl (C=O) groups excluding carboxylic acids is 1. The van der Waals surface area contributed by atoms with Crippen molar-refractivity contribution in [3.05, 3.63) is 0 Å². The van der Waals surface area contributed by atoms with E-state index in [-0.39, 0.29) is 34.9 Å². The average Bonchev–Trinajstić information content (AvgIpc) is 2.52. The highest BCUT2D eigenvalue weighted by molar-refractivity contribution is 6.74. The van der Waals surface area contributed by atoms with E-state index in [2.05, 4.69) is 39.9 Å². The second-order valence-corrected chi connectivity index (χ2v) is 14.4. The summed E-state index contributed by atoms with van der Waals surface area (Å²) in [7, 11) is -1.89. The molecule has 0 aromatic carbocycles. The third-order valence-corrected chi connectivity index (χ3v) is 11.4. The summed E-state index contributed by atoms with van der Waals surface area (Å²) in [5.41, 5.74) is 0. The third kappa shape index (κ3) is 4.32. The maximum atomic E-state index is 12.8. The van der Waals surface area contributed by atoms with Crippen LogP contribution in [0, 0.1) is 23.2 Å². The van der Waals surface area contributed by atoms with Crippen molar-refractivity contribution in [2.75, 3.05) is 6.54 Å². The van der Waals surface area contributed by atoms with E-state index in [0.29, 0.717) is 13.0 Å². The minimum absolute atomic E-state index is 0.0743. The molecule has 5 nitrogen and oxygen atoms in total. The Morgan fingerprint density at radius 1 is 1.38 bits per heavy atom. The van der Waals surface area contributed by atoms with E-state index < -0.39 is 14.4 Å². The van der Waals surface area contributed by atoms with E-state index in [1.54, 1.807) is 0 Å². The number of hydrogen-bond donors (Lipinski definition) is 1. The van der Waals surface area contributed by atoms with Crippen LogP contribution in [-0.4, -0.2) is 49.0 Å². The van der Waals surface area contributed by atoms with Crippen molar-refractivity contribution in [2.45, 2.75) is 96.2 Å². The van der Waals surface area contributed by atoms with Gasteiger partial charge in [0.2, 0.25) is 5.91 Å². The monoisotopic (exact) mass is 380 g/mol. The van der Waals surface area contributed by atoms with Crippen LogP contribution in [0.2, 0.25) is 18.1 Å². The Morgan fingerprint density at radius 3 is 2.58 bits per heavy atom. The molecule has 0 radical (unpaired) electrons. The molecule has 0 spiro atoms. The second-order valence-electron chi connectivity index (χ2n) is 9.63. The molecule has 6 heteroatoms. The quantitative estimate of drug-likeness (QED) is 0.563. The lowest BCUT2D eigenvalue weighted by Crippen LogP contribution is -2.65. The molecule has 0 aromatic rings. The van der Waals surface area contributed by atoms with Crippen molar-refractivity contribution < 1.29 is 14.3 Å². The topological polar surface area (TPSA) is 73.6 Å². The summed E-state index contributed by atoms with van der Waals surface area (Å²) < 4.78 is 6.41. The Hall–Kier alpha value is -0.903. The Bertz CT molecular complexity index is 552. The SMILES string of the molecule is C[C@@H](O[Si](C)(C)C(C)(C)C)[C@@H]1CN([C@@H]2CCC[C@@H](CCC#N)[C@@H]2O)C1=O. The lowest BCUT2D eigenvalue weighted by Gasteiger charge is -2.51. The fraction of sp³-hybridized carbons (Fsp3) is 0.900. The highest BCUT2D eigenvalue weighted by Crippen LogP contribution is 2.40. The predicted octanol–water partition coefficient (Wildman–Crippen LogP) is 3.69. The van der Waals surface area contributed by atoms with Gasteiger partial charge in [0.05, 0.1) is 30.2 Å². The molecular weight excluding hydrogens is 344 g/mol. The lowest BCUT2D eigenvalue weighted by molar-refractivity contribution is -0.164. The molecule has 26 heavy (non-hydrogen) atoms. The second kappa shape index (κ2) is 8.00. The van der Waals surface area contributed by atoms with E-state index in [0.717, 1.165) is 25.7 Å². The number of rotatable bonds is 6. The number of nitriles is 1. The molecule has 2 rings (SSSR count). The van der Waals surface area contributed by atoms with E-state index >= 15 is 0 Å². The highest BCUT2D eigenvalue weighted by atomic mass is 28.4. The van der Waals surface area contributed by atoms with Crippen LogP contribution in [-0.2, 0) is 9.22 Å². The predicted molar refractivity (Wildman–Crippen MR) is 105 cm³/mol. The van der Waals surface area contributed by atoms with Crippen molar-refractivity contribution >= 4 is 14.2 Å². The van der Waals surface area contributed by atoms with Gasteiger partial charge in [-0.05, 0) is 50.2 Å². The molecule has 1 saturated heterocycles. The van der Waals surface area contributed by atoms with Gasteiger partial charge in [-0.15, -0.1) is 0 Å². The van der Waals surface area contributed by atoms with E-state index in [1.165, 1.54) is 0 Å². The summed E-state index contributed by atoms with van der Waals surface area (Å²) in [4.78, 5) is 14.7. The summed E-state index contributed by atoms with van der Waals surface area (Å²) in [6.45, 7) is 13.8. The minimum Gasteiger partial charge on any atom is -0.413 e. The minimum atomic E-state index is -1.89. The molecule has 0 bridgehead atoms. The maximum Gasteiger partial charge on any atom is 0.230 e. The first-order valence-corrected chi connectivity index (χ1v) is 12.9. The van der Waals surface area contributed by atoms with Crippen molar-refractivity contribution in [3.63, 3.8) is 0 Å². The molecule has 2 fully saturated rings. The number of likely N-dealkylation sites (tertiary alicyclic amines) is 1. The van der Waals surface area contributed by atoms with Crippen LogP contribution < -0.4 is 0 Å². The third-order valence-electron chi connectivity index (χ3n) is 6.83. The van der Waals surface area contributed by atoms with E-state index in [9.17, 15) is 9.90 Å². The van der Waals surface area contributed by atoms with E-state index in [1.807, 2.05) is 11.8 Å². The molecule has 148 valence electrons. The van der Waals surface area contributed by atoms with Gasteiger partial charge >= 0.3 is 0 Å². The molecule has 1 aliphatic carbocycles. The standard InChI is InChI=1S/C20H36N2O3Si/c1-14(25-26(5,6)20(2,3)4)16-13-22(19(16)24)17-11-7-9-15(18(17)23)10-8-12-21/h14-18,23H,7-11,13H2,1-6H3/t14-,15+,16+,17-,18+/m1/s1.